The van der Waals surface area contributed by atoms with E-state index in [9.17, 15) is 5.11 Å². The number of halogens is 2. The van der Waals surface area contributed by atoms with Crippen LogP contribution in [-0.4, -0.2) is 18.3 Å². The van der Waals surface area contributed by atoms with Gasteiger partial charge >= 0.3 is 0 Å². The molecule has 0 bridgehead atoms. The van der Waals surface area contributed by atoms with E-state index in [1.54, 1.807) is 0 Å². The van der Waals surface area contributed by atoms with Gasteiger partial charge in [-0.3, -0.25) is 0 Å². The maximum Gasteiger partial charge on any atom is 0.0875 e. The van der Waals surface area contributed by atoms with E-state index in [1.165, 1.54) is 0 Å². The van der Waals surface area contributed by atoms with Gasteiger partial charge in [-0.2, -0.15) is 0 Å². The van der Waals surface area contributed by atoms with E-state index >= 15 is 0 Å². The summed E-state index contributed by atoms with van der Waals surface area (Å²) < 4.78 is 6.61. The van der Waals surface area contributed by atoms with Gasteiger partial charge in [-0.05, 0) is 46.5 Å². The van der Waals surface area contributed by atoms with E-state index in [1.807, 2.05) is 18.2 Å². The van der Waals surface area contributed by atoms with E-state index in [0.717, 1.165) is 29.5 Å². The highest BCUT2D eigenvalue weighted by Crippen LogP contribution is 2.35. The molecule has 1 aliphatic rings. The molecule has 2 unspecified atom stereocenters. The quantitative estimate of drug-likeness (QED) is 0.905. The van der Waals surface area contributed by atoms with Crippen LogP contribution in [0.15, 0.2) is 22.7 Å². The molecule has 2 rings (SSSR count). The van der Waals surface area contributed by atoms with Crippen LogP contribution in [0.4, 0.5) is 0 Å². The van der Waals surface area contributed by atoms with Gasteiger partial charge in [0.2, 0.25) is 0 Å². The first kappa shape index (κ1) is 12.4. The smallest absolute Gasteiger partial charge is 0.0875 e. The highest BCUT2D eigenvalue weighted by molar-refractivity contribution is 9.10. The summed E-state index contributed by atoms with van der Waals surface area (Å²) in [7, 11) is 0. The van der Waals surface area contributed by atoms with Crippen LogP contribution in [0.5, 0.6) is 0 Å². The SMILES string of the molecule is OCC1CCCOC1c1ccc(Cl)c(Br)c1. The monoisotopic (exact) mass is 304 g/mol. The van der Waals surface area contributed by atoms with Gasteiger partial charge in [0.1, 0.15) is 0 Å². The molecule has 0 spiro atoms. The van der Waals surface area contributed by atoms with Gasteiger partial charge in [-0.15, -0.1) is 0 Å². The number of hydrogen-bond acceptors (Lipinski definition) is 2. The minimum atomic E-state index is -0.00711. The van der Waals surface area contributed by atoms with Crippen molar-refractivity contribution < 1.29 is 9.84 Å². The Bertz CT molecular complexity index is 370. The first-order valence-electron chi connectivity index (χ1n) is 5.40. The second kappa shape index (κ2) is 5.50. The molecule has 2 atom stereocenters. The van der Waals surface area contributed by atoms with Gasteiger partial charge in [0.05, 0.1) is 11.1 Å². The third-order valence-corrected chi connectivity index (χ3v) is 4.17. The van der Waals surface area contributed by atoms with E-state index in [-0.39, 0.29) is 18.6 Å². The van der Waals surface area contributed by atoms with Crippen molar-refractivity contribution in [2.24, 2.45) is 5.92 Å². The topological polar surface area (TPSA) is 29.5 Å². The van der Waals surface area contributed by atoms with Crippen molar-refractivity contribution in [2.45, 2.75) is 18.9 Å². The fourth-order valence-electron chi connectivity index (χ4n) is 2.09. The summed E-state index contributed by atoms with van der Waals surface area (Å²) in [6.45, 7) is 0.937. The minimum Gasteiger partial charge on any atom is -0.396 e. The average molecular weight is 306 g/mol. The highest BCUT2D eigenvalue weighted by atomic mass is 79.9. The molecular weight excluding hydrogens is 291 g/mol. The summed E-state index contributed by atoms with van der Waals surface area (Å²) in [5, 5.41) is 10.0. The number of aliphatic hydroxyl groups is 1. The normalized spacial score (nSPS) is 25.7. The lowest BCUT2D eigenvalue weighted by atomic mass is 9.90. The Hall–Kier alpha value is -0.0900. The minimum absolute atomic E-state index is 0.00711. The molecule has 0 amide bonds. The lowest BCUT2D eigenvalue weighted by molar-refractivity contribution is -0.0457. The van der Waals surface area contributed by atoms with Gasteiger partial charge in [-0.1, -0.05) is 17.7 Å². The molecule has 0 radical (unpaired) electrons. The van der Waals surface area contributed by atoms with Crippen molar-refractivity contribution in [3.8, 4) is 0 Å². The first-order chi connectivity index (χ1) is 7.72. The van der Waals surface area contributed by atoms with Crippen molar-refractivity contribution in [2.75, 3.05) is 13.2 Å². The van der Waals surface area contributed by atoms with Crippen molar-refractivity contribution in [1.29, 1.82) is 0 Å². The van der Waals surface area contributed by atoms with Crippen molar-refractivity contribution in [3.05, 3.63) is 33.3 Å². The Morgan fingerprint density at radius 1 is 1.50 bits per heavy atom. The van der Waals surface area contributed by atoms with E-state index in [2.05, 4.69) is 15.9 Å². The Labute approximate surface area is 109 Å². The summed E-state index contributed by atoms with van der Waals surface area (Å²) in [4.78, 5) is 0. The standard InChI is InChI=1S/C12H14BrClO2/c13-10-6-8(3-4-11(10)14)12-9(7-15)2-1-5-16-12/h3-4,6,9,12,15H,1-2,5,7H2. The summed E-state index contributed by atoms with van der Waals surface area (Å²) in [5.41, 5.74) is 1.08. The van der Waals surface area contributed by atoms with E-state index < -0.39 is 0 Å². The molecule has 1 saturated heterocycles. The van der Waals surface area contributed by atoms with Crippen LogP contribution in [-0.2, 0) is 4.74 Å². The Balaban J connectivity index is 2.23. The molecule has 2 nitrogen and oxygen atoms in total. The Morgan fingerprint density at radius 3 is 3.00 bits per heavy atom. The molecule has 16 heavy (non-hydrogen) atoms. The lowest BCUT2D eigenvalue weighted by Crippen LogP contribution is -2.25. The van der Waals surface area contributed by atoms with Crippen LogP contribution >= 0.6 is 27.5 Å². The van der Waals surface area contributed by atoms with Gasteiger partial charge in [-0.25, -0.2) is 0 Å². The zero-order valence-corrected chi connectivity index (χ0v) is 11.2. The van der Waals surface area contributed by atoms with Crippen LogP contribution in [0.3, 0.4) is 0 Å². The average Bonchev–Trinajstić information content (AvgIpc) is 2.32. The van der Waals surface area contributed by atoms with Gasteiger partial charge in [0, 0.05) is 23.6 Å². The maximum atomic E-state index is 9.33. The number of ether oxygens (including phenoxy) is 1. The second-order valence-electron chi connectivity index (χ2n) is 4.05. The predicted octanol–water partition coefficient (Wildman–Crippen LogP) is 3.56. The largest absolute Gasteiger partial charge is 0.396 e. The molecule has 0 saturated carbocycles. The highest BCUT2D eigenvalue weighted by Gasteiger charge is 2.27. The fraction of sp³-hybridized carbons (Fsp3) is 0.500. The van der Waals surface area contributed by atoms with Crippen molar-refractivity contribution in [3.63, 3.8) is 0 Å². The van der Waals surface area contributed by atoms with Crippen LogP contribution in [0.25, 0.3) is 0 Å². The number of benzene rings is 1. The molecule has 4 heteroatoms. The van der Waals surface area contributed by atoms with Gasteiger partial charge < -0.3 is 9.84 Å². The Morgan fingerprint density at radius 2 is 2.31 bits per heavy atom. The molecule has 88 valence electrons. The third kappa shape index (κ3) is 2.59. The molecule has 0 aromatic heterocycles. The molecule has 1 N–H and O–H groups in total. The van der Waals surface area contributed by atoms with Crippen LogP contribution in [0.1, 0.15) is 24.5 Å². The summed E-state index contributed by atoms with van der Waals surface area (Å²) in [6.07, 6.45) is 2.03. The summed E-state index contributed by atoms with van der Waals surface area (Å²) in [6, 6.07) is 5.79. The van der Waals surface area contributed by atoms with E-state index in [0.29, 0.717) is 5.02 Å². The molecule has 0 aliphatic carbocycles. The fourth-order valence-corrected chi connectivity index (χ4v) is 2.60. The maximum absolute atomic E-state index is 9.33. The summed E-state index contributed by atoms with van der Waals surface area (Å²) >= 11 is 9.36. The van der Waals surface area contributed by atoms with E-state index in [4.69, 9.17) is 16.3 Å². The van der Waals surface area contributed by atoms with Crippen LogP contribution in [0.2, 0.25) is 5.02 Å². The zero-order valence-electron chi connectivity index (χ0n) is 8.83. The Kier molecular flexibility index (Phi) is 4.25. The number of rotatable bonds is 2. The molecule has 1 aromatic carbocycles. The van der Waals surface area contributed by atoms with Gasteiger partial charge in [0.15, 0.2) is 0 Å². The van der Waals surface area contributed by atoms with Gasteiger partial charge in [0.25, 0.3) is 0 Å². The van der Waals surface area contributed by atoms with Crippen LogP contribution in [0, 0.1) is 5.92 Å². The third-order valence-electron chi connectivity index (χ3n) is 2.95. The first-order valence-corrected chi connectivity index (χ1v) is 6.57. The lowest BCUT2D eigenvalue weighted by Gasteiger charge is -2.31. The molecule has 1 aliphatic heterocycles. The van der Waals surface area contributed by atoms with Crippen molar-refractivity contribution >= 4 is 27.5 Å². The molecular formula is C12H14BrClO2. The molecule has 1 aromatic rings. The predicted molar refractivity (Wildman–Crippen MR) is 67.7 cm³/mol. The van der Waals surface area contributed by atoms with Crippen molar-refractivity contribution in [1.82, 2.24) is 0 Å². The zero-order chi connectivity index (χ0) is 11.5. The van der Waals surface area contributed by atoms with Crippen LogP contribution < -0.4 is 0 Å². The summed E-state index contributed by atoms with van der Waals surface area (Å²) in [5.74, 6) is 0.196. The molecule has 1 heterocycles. The number of hydrogen-bond donors (Lipinski definition) is 1. The number of aliphatic hydroxyl groups excluding tert-OH is 1. The second-order valence-corrected chi connectivity index (χ2v) is 5.31. The molecule has 1 fully saturated rings.